The normalized spacial score (nSPS) is 10.9. The average molecular weight is 322 g/mol. The molecule has 0 aliphatic rings. The number of aryl methyl sites for hydroxylation is 1. The minimum Gasteiger partial charge on any atom is -0.369 e. The van der Waals surface area contributed by atoms with E-state index in [9.17, 15) is 4.79 Å². The smallest absolute Gasteiger partial charge is 0.255 e. The summed E-state index contributed by atoms with van der Waals surface area (Å²) >= 11 is 0. The largest absolute Gasteiger partial charge is 0.369 e. The maximum absolute atomic E-state index is 12.4. The van der Waals surface area contributed by atoms with Crippen LogP contribution in [-0.4, -0.2) is 15.9 Å². The summed E-state index contributed by atoms with van der Waals surface area (Å²) < 4.78 is 0. The Labute approximate surface area is 141 Å². The van der Waals surface area contributed by atoms with Crippen LogP contribution in [0.4, 0.5) is 11.6 Å². The summed E-state index contributed by atoms with van der Waals surface area (Å²) in [5.74, 6) is 0.245. The van der Waals surface area contributed by atoms with Crippen molar-refractivity contribution in [2.24, 2.45) is 0 Å². The number of benzene rings is 2. The highest BCUT2D eigenvalue weighted by Crippen LogP contribution is 2.19. The molecule has 1 heterocycles. The molecule has 3 rings (SSSR count). The maximum Gasteiger partial charge on any atom is 0.255 e. The number of rotatable bonds is 6. The van der Waals surface area contributed by atoms with Crippen molar-refractivity contribution in [1.29, 1.82) is 0 Å². The van der Waals surface area contributed by atoms with Gasteiger partial charge < -0.3 is 16.0 Å². The van der Waals surface area contributed by atoms with Crippen molar-refractivity contribution in [2.75, 3.05) is 11.1 Å². The third-order valence-electron chi connectivity index (χ3n) is 4.04. The maximum atomic E-state index is 12.4. The lowest BCUT2D eigenvalue weighted by Gasteiger charge is -2.06. The lowest BCUT2D eigenvalue weighted by Crippen LogP contribution is -2.11. The summed E-state index contributed by atoms with van der Waals surface area (Å²) in [7, 11) is 0. The number of nitrogens with one attached hydrogen (secondary N) is 2. The van der Waals surface area contributed by atoms with Crippen molar-refractivity contribution < 1.29 is 4.79 Å². The fraction of sp³-hybridized carbons (Fsp3) is 0.263. The molecule has 0 saturated carbocycles. The van der Waals surface area contributed by atoms with E-state index in [4.69, 9.17) is 5.73 Å². The zero-order chi connectivity index (χ0) is 16.9. The molecule has 3 aromatic rings. The van der Waals surface area contributed by atoms with E-state index < -0.39 is 0 Å². The van der Waals surface area contributed by atoms with Crippen LogP contribution in [0.15, 0.2) is 42.5 Å². The first kappa shape index (κ1) is 16.1. The number of nitrogen functional groups attached to an aromatic ring is 1. The number of nitrogens with two attached hydrogens (primary N) is 1. The van der Waals surface area contributed by atoms with E-state index >= 15 is 0 Å². The van der Waals surface area contributed by atoms with Gasteiger partial charge in [0.2, 0.25) is 0 Å². The van der Waals surface area contributed by atoms with Crippen LogP contribution in [0.5, 0.6) is 0 Å². The molecule has 1 amide bonds. The Morgan fingerprint density at radius 3 is 2.71 bits per heavy atom. The molecule has 24 heavy (non-hydrogen) atoms. The molecular formula is C19H22N4O. The SMILES string of the molecule is CCCCCc1ccc(C(=O)Nc2ccc3nc(N)[nH]c3c2)cc1. The third-order valence-corrected chi connectivity index (χ3v) is 4.04. The Hall–Kier alpha value is -2.82. The molecule has 0 aliphatic carbocycles. The molecule has 0 saturated heterocycles. The summed E-state index contributed by atoms with van der Waals surface area (Å²) in [5.41, 5.74) is 9.85. The van der Waals surface area contributed by atoms with Gasteiger partial charge in [-0.2, -0.15) is 0 Å². The second-order valence-electron chi connectivity index (χ2n) is 5.96. The van der Waals surface area contributed by atoms with Crippen molar-refractivity contribution in [3.05, 3.63) is 53.6 Å². The van der Waals surface area contributed by atoms with Gasteiger partial charge in [-0.1, -0.05) is 31.9 Å². The van der Waals surface area contributed by atoms with E-state index in [0.717, 1.165) is 17.5 Å². The first-order chi connectivity index (χ1) is 11.7. The number of fused-ring (bicyclic) bond motifs is 1. The highest BCUT2D eigenvalue weighted by molar-refractivity contribution is 6.05. The highest BCUT2D eigenvalue weighted by Gasteiger charge is 2.08. The predicted octanol–water partition coefficient (Wildman–Crippen LogP) is 4.13. The molecular weight excluding hydrogens is 300 g/mol. The van der Waals surface area contributed by atoms with Gasteiger partial charge >= 0.3 is 0 Å². The lowest BCUT2D eigenvalue weighted by atomic mass is 10.1. The minimum atomic E-state index is -0.123. The van der Waals surface area contributed by atoms with Crippen molar-refractivity contribution in [1.82, 2.24) is 9.97 Å². The standard InChI is InChI=1S/C19H22N4O/c1-2-3-4-5-13-6-8-14(9-7-13)18(24)21-15-10-11-16-17(12-15)23-19(20)22-16/h6-12H,2-5H2,1H3,(H,21,24)(H3,20,22,23). The van der Waals surface area contributed by atoms with Gasteiger partial charge in [-0.25, -0.2) is 4.98 Å². The lowest BCUT2D eigenvalue weighted by molar-refractivity contribution is 0.102. The van der Waals surface area contributed by atoms with E-state index in [1.807, 2.05) is 42.5 Å². The van der Waals surface area contributed by atoms with Crippen molar-refractivity contribution >= 4 is 28.6 Å². The number of aromatic amines is 1. The molecule has 0 atom stereocenters. The van der Waals surface area contributed by atoms with Gasteiger partial charge in [-0.05, 0) is 48.7 Å². The second-order valence-corrected chi connectivity index (χ2v) is 5.96. The number of anilines is 2. The molecule has 4 N–H and O–H groups in total. The summed E-state index contributed by atoms with van der Waals surface area (Å²) in [6.45, 7) is 2.20. The minimum absolute atomic E-state index is 0.123. The number of imidazole rings is 1. The van der Waals surface area contributed by atoms with Gasteiger partial charge in [0.25, 0.3) is 5.91 Å². The van der Waals surface area contributed by atoms with Crippen LogP contribution in [0, 0.1) is 0 Å². The van der Waals surface area contributed by atoms with Crippen LogP contribution in [0.3, 0.4) is 0 Å². The molecule has 124 valence electrons. The van der Waals surface area contributed by atoms with Crippen molar-refractivity contribution in [3.63, 3.8) is 0 Å². The summed E-state index contributed by atoms with van der Waals surface area (Å²) in [4.78, 5) is 19.5. The van der Waals surface area contributed by atoms with E-state index in [1.54, 1.807) is 0 Å². The van der Waals surface area contributed by atoms with Gasteiger partial charge in [-0.15, -0.1) is 0 Å². The number of nitrogens with zero attached hydrogens (tertiary/aromatic N) is 1. The van der Waals surface area contributed by atoms with E-state index in [0.29, 0.717) is 17.2 Å². The van der Waals surface area contributed by atoms with Gasteiger partial charge in [0.1, 0.15) is 0 Å². The molecule has 1 aromatic heterocycles. The van der Waals surface area contributed by atoms with Crippen LogP contribution >= 0.6 is 0 Å². The fourth-order valence-corrected chi connectivity index (χ4v) is 2.71. The Balaban J connectivity index is 1.66. The molecule has 5 heteroatoms. The number of hydrogen-bond acceptors (Lipinski definition) is 3. The van der Waals surface area contributed by atoms with E-state index in [1.165, 1.54) is 24.8 Å². The first-order valence-corrected chi connectivity index (χ1v) is 8.31. The van der Waals surface area contributed by atoms with E-state index in [2.05, 4.69) is 22.2 Å². The Bertz CT molecular complexity index is 836. The number of H-pyrrole nitrogens is 1. The summed E-state index contributed by atoms with van der Waals surface area (Å²) in [5, 5.41) is 2.90. The van der Waals surface area contributed by atoms with Crippen LogP contribution in [0.25, 0.3) is 11.0 Å². The Morgan fingerprint density at radius 2 is 1.96 bits per heavy atom. The first-order valence-electron chi connectivity index (χ1n) is 8.31. The fourth-order valence-electron chi connectivity index (χ4n) is 2.71. The van der Waals surface area contributed by atoms with E-state index in [-0.39, 0.29) is 5.91 Å². The van der Waals surface area contributed by atoms with Crippen molar-refractivity contribution in [2.45, 2.75) is 32.6 Å². The molecule has 2 aromatic carbocycles. The summed E-state index contributed by atoms with van der Waals surface area (Å²) in [6, 6.07) is 13.3. The molecule has 0 unspecified atom stereocenters. The zero-order valence-corrected chi connectivity index (χ0v) is 13.8. The zero-order valence-electron chi connectivity index (χ0n) is 13.8. The number of carbonyl (C=O) groups is 1. The number of amides is 1. The summed E-state index contributed by atoms with van der Waals surface area (Å²) in [6.07, 6.45) is 4.71. The number of hydrogen-bond donors (Lipinski definition) is 3. The van der Waals surface area contributed by atoms with Crippen LogP contribution in [-0.2, 0) is 6.42 Å². The van der Waals surface area contributed by atoms with Crippen molar-refractivity contribution in [3.8, 4) is 0 Å². The average Bonchev–Trinajstić information content (AvgIpc) is 2.95. The highest BCUT2D eigenvalue weighted by atomic mass is 16.1. The molecule has 5 nitrogen and oxygen atoms in total. The Morgan fingerprint density at radius 1 is 1.17 bits per heavy atom. The van der Waals surface area contributed by atoms with Gasteiger partial charge in [0.15, 0.2) is 5.95 Å². The van der Waals surface area contributed by atoms with Gasteiger partial charge in [0, 0.05) is 11.3 Å². The van der Waals surface area contributed by atoms with Gasteiger partial charge in [-0.3, -0.25) is 4.79 Å². The van der Waals surface area contributed by atoms with Gasteiger partial charge in [0.05, 0.1) is 11.0 Å². The van der Waals surface area contributed by atoms with Crippen LogP contribution in [0.2, 0.25) is 0 Å². The molecule has 0 bridgehead atoms. The molecule has 0 spiro atoms. The second kappa shape index (κ2) is 7.17. The van der Waals surface area contributed by atoms with Crippen LogP contribution < -0.4 is 11.1 Å². The van der Waals surface area contributed by atoms with Crippen LogP contribution in [0.1, 0.15) is 42.1 Å². The molecule has 0 aliphatic heterocycles. The number of carbonyl (C=O) groups excluding carboxylic acids is 1. The molecule has 0 radical (unpaired) electrons. The molecule has 0 fully saturated rings. The Kier molecular flexibility index (Phi) is 4.79. The number of aromatic nitrogens is 2. The predicted molar refractivity (Wildman–Crippen MR) is 98.1 cm³/mol. The third kappa shape index (κ3) is 3.74. The number of unbranched alkanes of at least 4 members (excludes halogenated alkanes) is 2. The topological polar surface area (TPSA) is 83.8 Å². The monoisotopic (exact) mass is 322 g/mol. The quantitative estimate of drug-likeness (QED) is 0.597.